The van der Waals surface area contributed by atoms with Crippen LogP contribution in [0.15, 0.2) is 30.6 Å². The predicted molar refractivity (Wildman–Crippen MR) is 157 cm³/mol. The van der Waals surface area contributed by atoms with E-state index in [-0.39, 0.29) is 11.9 Å². The highest BCUT2D eigenvalue weighted by Crippen LogP contribution is 2.35. The van der Waals surface area contributed by atoms with Gasteiger partial charge in [-0.2, -0.15) is 0 Å². The number of nitrogens with zero attached hydrogens (tertiary/aromatic N) is 4. The lowest BCUT2D eigenvalue weighted by Gasteiger charge is -2.29. The number of morpholine rings is 1. The van der Waals surface area contributed by atoms with Gasteiger partial charge in [0.05, 0.1) is 31.2 Å². The number of ether oxygens (including phenoxy) is 2. The number of benzene rings is 1. The minimum Gasteiger partial charge on any atom is -0.384 e. The van der Waals surface area contributed by atoms with Crippen molar-refractivity contribution in [3.63, 3.8) is 0 Å². The molecule has 1 atom stereocenters. The van der Waals surface area contributed by atoms with Crippen LogP contribution < -0.4 is 10.2 Å². The van der Waals surface area contributed by atoms with Crippen LogP contribution in [-0.4, -0.2) is 79.1 Å². The van der Waals surface area contributed by atoms with E-state index in [9.17, 15) is 9.18 Å². The molecule has 0 spiro atoms. The molecule has 1 aromatic carbocycles. The number of halogens is 1. The topological polar surface area (TPSA) is 71.3 Å². The molecule has 40 heavy (non-hydrogen) atoms. The van der Waals surface area contributed by atoms with Gasteiger partial charge >= 0.3 is 6.03 Å². The van der Waals surface area contributed by atoms with E-state index in [4.69, 9.17) is 14.5 Å². The van der Waals surface area contributed by atoms with Crippen LogP contribution in [0, 0.1) is 19.8 Å². The first-order valence-corrected chi connectivity index (χ1v) is 14.3. The summed E-state index contributed by atoms with van der Waals surface area (Å²) in [4.78, 5) is 22.3. The number of imidazole rings is 1. The summed E-state index contributed by atoms with van der Waals surface area (Å²) >= 11 is 0. The molecule has 0 saturated carbocycles. The molecule has 0 bridgehead atoms. The van der Waals surface area contributed by atoms with Gasteiger partial charge in [0.1, 0.15) is 5.67 Å². The molecule has 2 saturated heterocycles. The van der Waals surface area contributed by atoms with E-state index in [1.54, 1.807) is 21.0 Å². The molecule has 0 unspecified atom stereocenters. The first-order valence-electron chi connectivity index (χ1n) is 14.3. The highest BCUT2D eigenvalue weighted by atomic mass is 19.1. The number of anilines is 2. The number of methoxy groups -OCH3 is 1. The molecule has 4 heterocycles. The number of urea groups is 1. The third-order valence-corrected chi connectivity index (χ3v) is 7.97. The fraction of sp³-hybridized carbons (Fsp3) is 0.548. The molecule has 2 fully saturated rings. The molecular formula is C31H42FN5O3. The molecule has 3 aromatic rings. The number of hydrogen-bond donors (Lipinski definition) is 1. The van der Waals surface area contributed by atoms with Crippen molar-refractivity contribution in [3.05, 3.63) is 47.4 Å². The Balaban J connectivity index is 1.45. The van der Waals surface area contributed by atoms with Crippen LogP contribution >= 0.6 is 0 Å². The number of alkyl halides is 1. The summed E-state index contributed by atoms with van der Waals surface area (Å²) in [5, 5.41) is 3.15. The summed E-state index contributed by atoms with van der Waals surface area (Å²) in [7, 11) is 1.70. The number of rotatable bonds is 8. The lowest BCUT2D eigenvalue weighted by molar-refractivity contribution is 0.123. The summed E-state index contributed by atoms with van der Waals surface area (Å²) in [5.74, 6) is 0.190. The van der Waals surface area contributed by atoms with Crippen molar-refractivity contribution in [1.29, 1.82) is 0 Å². The Kier molecular flexibility index (Phi) is 8.33. The molecular weight excluding hydrogens is 509 g/mol. The highest BCUT2D eigenvalue weighted by Gasteiger charge is 2.31. The summed E-state index contributed by atoms with van der Waals surface area (Å²) in [6, 6.07) is 6.29. The second-order valence-corrected chi connectivity index (χ2v) is 11.9. The molecule has 0 radical (unpaired) electrons. The zero-order valence-corrected chi connectivity index (χ0v) is 24.4. The third-order valence-electron chi connectivity index (χ3n) is 7.97. The van der Waals surface area contributed by atoms with Crippen LogP contribution in [-0.2, 0) is 15.9 Å². The van der Waals surface area contributed by atoms with Gasteiger partial charge in [0, 0.05) is 63.4 Å². The monoisotopic (exact) mass is 551 g/mol. The fourth-order valence-corrected chi connectivity index (χ4v) is 6.00. The Bertz CT molecular complexity index is 1360. The van der Waals surface area contributed by atoms with Crippen LogP contribution in [0.1, 0.15) is 43.5 Å². The van der Waals surface area contributed by atoms with Crippen molar-refractivity contribution in [2.45, 2.75) is 52.6 Å². The zero-order chi connectivity index (χ0) is 28.4. The summed E-state index contributed by atoms with van der Waals surface area (Å²) < 4.78 is 27.2. The van der Waals surface area contributed by atoms with Gasteiger partial charge in [-0.15, -0.1) is 0 Å². The van der Waals surface area contributed by atoms with Gasteiger partial charge < -0.3 is 29.0 Å². The van der Waals surface area contributed by atoms with E-state index < -0.39 is 5.67 Å². The Labute approximate surface area is 236 Å². The van der Waals surface area contributed by atoms with E-state index in [1.165, 1.54) is 0 Å². The van der Waals surface area contributed by atoms with Crippen molar-refractivity contribution in [3.8, 4) is 11.1 Å². The minimum atomic E-state index is -1.22. The van der Waals surface area contributed by atoms with Crippen LogP contribution in [0.2, 0.25) is 0 Å². The fourth-order valence-electron chi connectivity index (χ4n) is 6.00. The van der Waals surface area contributed by atoms with Crippen molar-refractivity contribution in [2.75, 3.05) is 63.3 Å². The number of aryl methyl sites for hydroxylation is 2. The summed E-state index contributed by atoms with van der Waals surface area (Å²) in [5.41, 5.74) is 6.82. The van der Waals surface area contributed by atoms with E-state index in [2.05, 4.69) is 52.1 Å². The molecule has 0 aliphatic carbocycles. The van der Waals surface area contributed by atoms with Gasteiger partial charge in [-0.3, -0.25) is 0 Å². The second-order valence-electron chi connectivity index (χ2n) is 11.9. The Hall–Kier alpha value is -3.17. The Morgan fingerprint density at radius 3 is 2.65 bits per heavy atom. The van der Waals surface area contributed by atoms with Gasteiger partial charge in [-0.1, -0.05) is 6.07 Å². The van der Waals surface area contributed by atoms with Crippen LogP contribution in [0.4, 0.5) is 20.6 Å². The summed E-state index contributed by atoms with van der Waals surface area (Å²) in [6.07, 6.45) is 6.25. The first-order chi connectivity index (χ1) is 19.1. The molecule has 2 aliphatic rings. The minimum absolute atomic E-state index is 0.126. The number of fused-ring (bicyclic) bond motifs is 1. The third kappa shape index (κ3) is 6.41. The SMILES string of the molecule is COCCc1cn2cc(-c3cc(NC(=O)N4CC[C@@H](CC(C)(C)F)C4)c(C)cc3C)cc(N3CCOCC3)c2n1. The largest absolute Gasteiger partial charge is 0.384 e. The van der Waals surface area contributed by atoms with Gasteiger partial charge in [-0.25, -0.2) is 14.2 Å². The van der Waals surface area contributed by atoms with E-state index in [0.717, 1.165) is 70.9 Å². The number of hydrogen-bond acceptors (Lipinski definition) is 5. The van der Waals surface area contributed by atoms with Gasteiger partial charge in [-0.05, 0) is 75.3 Å². The standard InChI is InChI=1S/C31H42FN5O3/c1-21-14-22(2)27(34-30(38)36-8-6-23(18-36)17-31(3,4)32)16-26(21)24-15-28(35-9-12-40-13-10-35)29-33-25(7-11-39-5)20-37(29)19-24/h14-16,19-20,23H,6-13,17-18H2,1-5H3,(H,34,38)/t23-/m0/s1. The Morgan fingerprint density at radius 2 is 1.93 bits per heavy atom. The molecule has 2 aliphatic heterocycles. The highest BCUT2D eigenvalue weighted by molar-refractivity contribution is 5.92. The van der Waals surface area contributed by atoms with Gasteiger partial charge in [0.2, 0.25) is 0 Å². The lowest BCUT2D eigenvalue weighted by Crippen LogP contribution is -2.36. The molecule has 1 N–H and O–H groups in total. The molecule has 9 heteroatoms. The maximum absolute atomic E-state index is 14.2. The number of pyridine rings is 1. The molecule has 2 aromatic heterocycles. The van der Waals surface area contributed by atoms with E-state index >= 15 is 0 Å². The maximum atomic E-state index is 14.2. The quantitative estimate of drug-likeness (QED) is 0.393. The molecule has 2 amide bonds. The number of carbonyl (C=O) groups is 1. The van der Waals surface area contributed by atoms with Crippen LogP contribution in [0.3, 0.4) is 0 Å². The predicted octanol–water partition coefficient (Wildman–Crippen LogP) is 5.64. The number of amides is 2. The smallest absolute Gasteiger partial charge is 0.321 e. The number of aromatic nitrogens is 2. The van der Waals surface area contributed by atoms with Crippen molar-refractivity contribution < 1.29 is 18.7 Å². The van der Waals surface area contributed by atoms with Crippen LogP contribution in [0.25, 0.3) is 16.8 Å². The molecule has 8 nitrogen and oxygen atoms in total. The number of nitrogens with one attached hydrogen (secondary N) is 1. The van der Waals surface area contributed by atoms with Gasteiger partial charge in [0.15, 0.2) is 5.65 Å². The average Bonchev–Trinajstić information content (AvgIpc) is 3.54. The van der Waals surface area contributed by atoms with Gasteiger partial charge in [0.25, 0.3) is 0 Å². The molecule has 216 valence electrons. The Morgan fingerprint density at radius 1 is 1.15 bits per heavy atom. The van der Waals surface area contributed by atoms with Crippen molar-refractivity contribution >= 4 is 23.1 Å². The lowest BCUT2D eigenvalue weighted by atomic mass is 9.94. The van der Waals surface area contributed by atoms with E-state index in [1.807, 2.05) is 11.8 Å². The van der Waals surface area contributed by atoms with Crippen LogP contribution in [0.5, 0.6) is 0 Å². The second kappa shape index (κ2) is 11.7. The van der Waals surface area contributed by atoms with Crippen molar-refractivity contribution in [2.24, 2.45) is 5.92 Å². The number of likely N-dealkylation sites (tertiary alicyclic amines) is 1. The normalized spacial score (nSPS) is 18.1. The maximum Gasteiger partial charge on any atom is 0.321 e. The first kappa shape index (κ1) is 28.4. The zero-order valence-electron chi connectivity index (χ0n) is 24.4. The van der Waals surface area contributed by atoms with Crippen molar-refractivity contribution in [1.82, 2.24) is 14.3 Å². The molecule has 5 rings (SSSR count). The average molecular weight is 552 g/mol. The van der Waals surface area contributed by atoms with E-state index in [0.29, 0.717) is 39.3 Å². The number of carbonyl (C=O) groups excluding carboxylic acids is 1. The summed E-state index contributed by atoms with van der Waals surface area (Å²) in [6.45, 7) is 12.2.